The Morgan fingerprint density at radius 2 is 0.694 bits per heavy atom. The van der Waals surface area contributed by atoms with Crippen LogP contribution in [-0.2, 0) is 4.79 Å². The van der Waals surface area contributed by atoms with Gasteiger partial charge in [0.05, 0.1) is 18.8 Å². The molecule has 0 aliphatic heterocycles. The van der Waals surface area contributed by atoms with Gasteiger partial charge in [0.15, 0.2) is 0 Å². The van der Waals surface area contributed by atoms with E-state index in [2.05, 4.69) is 19.2 Å². The molecular formula is C43H87NO5. The Kier molecular flexibility index (Phi) is 38.0. The Balaban J connectivity index is 3.47. The highest BCUT2D eigenvalue weighted by molar-refractivity contribution is 5.80. The van der Waals surface area contributed by atoms with Crippen molar-refractivity contribution in [2.24, 2.45) is 0 Å². The average Bonchev–Trinajstić information content (AvgIpc) is 3.11. The third-order valence-corrected chi connectivity index (χ3v) is 10.6. The lowest BCUT2D eigenvalue weighted by molar-refractivity contribution is -0.132. The molecule has 4 atom stereocenters. The SMILES string of the molecule is CCCCCCCCCCCCCCCCCCCCCCCCCCCCCCC(O)C(=O)NC(CO)C(O)C(O)CCCCCCC. The van der Waals surface area contributed by atoms with Crippen LogP contribution < -0.4 is 5.32 Å². The van der Waals surface area contributed by atoms with Crippen LogP contribution in [0.15, 0.2) is 0 Å². The number of nitrogens with one attached hydrogen (secondary N) is 1. The minimum atomic E-state index is -1.25. The van der Waals surface area contributed by atoms with E-state index in [1.54, 1.807) is 0 Å². The molecule has 49 heavy (non-hydrogen) atoms. The molecule has 0 saturated carbocycles. The fourth-order valence-corrected chi connectivity index (χ4v) is 7.05. The van der Waals surface area contributed by atoms with Crippen LogP contribution in [0.1, 0.15) is 239 Å². The Morgan fingerprint density at radius 1 is 0.429 bits per heavy atom. The van der Waals surface area contributed by atoms with Crippen molar-refractivity contribution in [2.45, 2.75) is 263 Å². The van der Waals surface area contributed by atoms with E-state index in [9.17, 15) is 25.2 Å². The van der Waals surface area contributed by atoms with E-state index < -0.39 is 36.9 Å². The maximum absolute atomic E-state index is 12.4. The quantitative estimate of drug-likeness (QED) is 0.0409. The number of carbonyl (C=O) groups is 1. The smallest absolute Gasteiger partial charge is 0.249 e. The number of hydrogen-bond donors (Lipinski definition) is 5. The molecule has 0 aliphatic carbocycles. The summed E-state index contributed by atoms with van der Waals surface area (Å²) >= 11 is 0. The van der Waals surface area contributed by atoms with Crippen LogP contribution >= 0.6 is 0 Å². The van der Waals surface area contributed by atoms with Crippen molar-refractivity contribution >= 4 is 5.91 Å². The Hall–Kier alpha value is -0.690. The monoisotopic (exact) mass is 698 g/mol. The predicted octanol–water partition coefficient (Wildman–Crippen LogP) is 11.2. The van der Waals surface area contributed by atoms with Gasteiger partial charge in [0.25, 0.3) is 0 Å². The van der Waals surface area contributed by atoms with Crippen molar-refractivity contribution in [3.8, 4) is 0 Å². The lowest BCUT2D eigenvalue weighted by Gasteiger charge is -2.27. The first kappa shape index (κ1) is 48.3. The summed E-state index contributed by atoms with van der Waals surface area (Å²) in [6.45, 7) is 3.96. The summed E-state index contributed by atoms with van der Waals surface area (Å²) < 4.78 is 0. The standard InChI is InChI=1S/C43H87NO5/c1-3-5-7-9-10-11-12-13-14-15-16-17-18-19-20-21-22-23-24-25-26-27-28-29-30-31-33-35-37-41(47)43(49)44-39(38-45)42(48)40(46)36-34-32-8-6-4-2/h39-42,45-48H,3-38H2,1-2H3,(H,44,49). The highest BCUT2D eigenvalue weighted by atomic mass is 16.3. The molecule has 0 bridgehead atoms. The number of aliphatic hydroxyl groups is 4. The Morgan fingerprint density at radius 3 is 0.980 bits per heavy atom. The van der Waals surface area contributed by atoms with Crippen molar-refractivity contribution in [1.29, 1.82) is 0 Å². The minimum Gasteiger partial charge on any atom is -0.394 e. The zero-order valence-electron chi connectivity index (χ0n) is 33.0. The van der Waals surface area contributed by atoms with Gasteiger partial charge >= 0.3 is 0 Å². The van der Waals surface area contributed by atoms with Crippen LogP contribution in [0.4, 0.5) is 0 Å². The molecule has 0 radical (unpaired) electrons. The molecule has 294 valence electrons. The second-order valence-corrected chi connectivity index (χ2v) is 15.4. The number of amides is 1. The summed E-state index contributed by atoms with van der Waals surface area (Å²) in [5.74, 6) is -0.585. The van der Waals surface area contributed by atoms with Crippen molar-refractivity contribution in [1.82, 2.24) is 5.32 Å². The normalized spacial score (nSPS) is 14.2. The summed E-state index contributed by atoms with van der Waals surface area (Å²) in [5.41, 5.74) is 0. The van der Waals surface area contributed by atoms with Gasteiger partial charge in [-0.2, -0.15) is 0 Å². The van der Waals surface area contributed by atoms with Crippen LogP contribution in [-0.4, -0.2) is 57.3 Å². The maximum atomic E-state index is 12.4. The zero-order chi connectivity index (χ0) is 36.0. The van der Waals surface area contributed by atoms with Gasteiger partial charge < -0.3 is 25.7 Å². The van der Waals surface area contributed by atoms with Crippen LogP contribution in [0.25, 0.3) is 0 Å². The van der Waals surface area contributed by atoms with Gasteiger partial charge in [-0.1, -0.05) is 226 Å². The van der Waals surface area contributed by atoms with E-state index in [1.807, 2.05) is 0 Å². The van der Waals surface area contributed by atoms with Gasteiger partial charge in [-0.25, -0.2) is 0 Å². The first-order valence-corrected chi connectivity index (χ1v) is 21.9. The molecule has 0 fully saturated rings. The third-order valence-electron chi connectivity index (χ3n) is 10.6. The summed E-state index contributed by atoms with van der Waals surface area (Å²) in [7, 11) is 0. The van der Waals surface area contributed by atoms with Crippen LogP contribution in [0.3, 0.4) is 0 Å². The number of aliphatic hydroxyl groups excluding tert-OH is 4. The molecule has 6 heteroatoms. The van der Waals surface area contributed by atoms with E-state index >= 15 is 0 Å². The summed E-state index contributed by atoms with van der Waals surface area (Å²) in [4.78, 5) is 12.4. The van der Waals surface area contributed by atoms with Crippen LogP contribution in [0.5, 0.6) is 0 Å². The number of hydrogen-bond acceptors (Lipinski definition) is 5. The molecule has 0 aromatic heterocycles. The summed E-state index contributed by atoms with van der Waals surface area (Å²) in [6.07, 6.45) is 40.6. The largest absolute Gasteiger partial charge is 0.394 e. The second kappa shape index (κ2) is 38.5. The molecule has 0 aliphatic rings. The molecule has 0 saturated heterocycles. The number of carbonyl (C=O) groups excluding carboxylic acids is 1. The average molecular weight is 698 g/mol. The second-order valence-electron chi connectivity index (χ2n) is 15.4. The third kappa shape index (κ3) is 32.9. The topological polar surface area (TPSA) is 110 Å². The van der Waals surface area contributed by atoms with Gasteiger partial charge in [0.2, 0.25) is 5.91 Å². The fourth-order valence-electron chi connectivity index (χ4n) is 7.05. The van der Waals surface area contributed by atoms with E-state index in [4.69, 9.17) is 0 Å². The summed E-state index contributed by atoms with van der Waals surface area (Å²) in [6, 6.07) is -0.976. The fraction of sp³-hybridized carbons (Fsp3) is 0.977. The van der Waals surface area contributed by atoms with Crippen molar-refractivity contribution in [2.75, 3.05) is 6.61 Å². The van der Waals surface area contributed by atoms with Crippen molar-refractivity contribution in [3.05, 3.63) is 0 Å². The van der Waals surface area contributed by atoms with E-state index in [0.717, 1.165) is 51.4 Å². The first-order valence-electron chi connectivity index (χ1n) is 21.9. The molecule has 1 amide bonds. The molecule has 0 rings (SSSR count). The molecule has 5 N–H and O–H groups in total. The highest BCUT2D eigenvalue weighted by Crippen LogP contribution is 2.17. The molecule has 0 aromatic carbocycles. The Bertz CT molecular complexity index is 662. The zero-order valence-corrected chi connectivity index (χ0v) is 33.0. The molecule has 4 unspecified atom stereocenters. The van der Waals surface area contributed by atoms with E-state index in [0.29, 0.717) is 12.8 Å². The lowest BCUT2D eigenvalue weighted by atomic mass is 9.99. The number of rotatable bonds is 40. The molecule has 0 aromatic rings. The molecule has 0 spiro atoms. The van der Waals surface area contributed by atoms with Gasteiger partial charge in [-0.15, -0.1) is 0 Å². The lowest BCUT2D eigenvalue weighted by Crippen LogP contribution is -2.53. The van der Waals surface area contributed by atoms with Crippen LogP contribution in [0, 0.1) is 0 Å². The molecule has 0 heterocycles. The van der Waals surface area contributed by atoms with Crippen molar-refractivity contribution < 1.29 is 25.2 Å². The van der Waals surface area contributed by atoms with Crippen molar-refractivity contribution in [3.63, 3.8) is 0 Å². The first-order chi connectivity index (χ1) is 24.0. The van der Waals surface area contributed by atoms with Gasteiger partial charge in [-0.05, 0) is 12.8 Å². The highest BCUT2D eigenvalue weighted by Gasteiger charge is 2.28. The van der Waals surface area contributed by atoms with Gasteiger partial charge in [-0.3, -0.25) is 4.79 Å². The van der Waals surface area contributed by atoms with Gasteiger partial charge in [0.1, 0.15) is 12.2 Å². The van der Waals surface area contributed by atoms with E-state index in [1.165, 1.54) is 161 Å². The Labute approximate surface area is 305 Å². The van der Waals surface area contributed by atoms with Crippen LogP contribution in [0.2, 0.25) is 0 Å². The summed E-state index contributed by atoms with van der Waals surface area (Å²) in [5, 5.41) is 43.1. The maximum Gasteiger partial charge on any atom is 0.249 e. The van der Waals surface area contributed by atoms with Gasteiger partial charge in [0, 0.05) is 0 Å². The van der Waals surface area contributed by atoms with E-state index in [-0.39, 0.29) is 0 Å². The predicted molar refractivity (Wildman–Crippen MR) is 210 cm³/mol. The number of unbranched alkanes of at least 4 members (excludes halogenated alkanes) is 31. The molecular weight excluding hydrogens is 610 g/mol. The minimum absolute atomic E-state index is 0.375. The molecule has 6 nitrogen and oxygen atoms in total.